The van der Waals surface area contributed by atoms with Gasteiger partial charge in [0.1, 0.15) is 11.4 Å². The third-order valence-corrected chi connectivity index (χ3v) is 3.62. The number of hydrogen-bond donors (Lipinski definition) is 0. The van der Waals surface area contributed by atoms with Crippen LogP contribution >= 0.6 is 11.6 Å². The van der Waals surface area contributed by atoms with Gasteiger partial charge in [-0.3, -0.25) is 4.79 Å². The van der Waals surface area contributed by atoms with Gasteiger partial charge in [-0.15, -0.1) is 0 Å². The summed E-state index contributed by atoms with van der Waals surface area (Å²) in [5.74, 6) is 0.796. The monoisotopic (exact) mass is 261 g/mol. The smallest absolute Gasteiger partial charge is 0.181 e. The number of ether oxygens (including phenoxy) is 1. The van der Waals surface area contributed by atoms with Crippen LogP contribution in [-0.4, -0.2) is 17.9 Å². The molecular weight excluding hydrogens is 250 g/mol. The number of nitrogens with zero attached hydrogens (tertiary/aromatic N) is 1. The Kier molecular flexibility index (Phi) is 2.71. The molecule has 2 aromatic rings. The standard InChI is InChI=1S/C14H12ClNO2/c1-18-14-8-4-2-7-11(17)13(8)16-10-6-3-5-9(15)12(10)14/h3,5-6H,2,4,7H2,1H3. The number of carbonyl (C=O) groups excluding carboxylic acids is 1. The molecule has 1 aliphatic rings. The van der Waals surface area contributed by atoms with Gasteiger partial charge in [-0.05, 0) is 25.0 Å². The van der Waals surface area contributed by atoms with Crippen molar-refractivity contribution in [1.29, 1.82) is 0 Å². The van der Waals surface area contributed by atoms with Crippen LogP contribution in [0.15, 0.2) is 18.2 Å². The first-order valence-electron chi connectivity index (χ1n) is 5.90. The minimum atomic E-state index is 0.0939. The molecule has 0 N–H and O–H groups in total. The number of methoxy groups -OCH3 is 1. The average molecular weight is 262 g/mol. The Hall–Kier alpha value is -1.61. The first-order chi connectivity index (χ1) is 8.72. The molecule has 0 bridgehead atoms. The maximum Gasteiger partial charge on any atom is 0.181 e. The zero-order valence-corrected chi connectivity index (χ0v) is 10.8. The minimum Gasteiger partial charge on any atom is -0.496 e. The number of ketones is 1. The molecule has 0 radical (unpaired) electrons. The third kappa shape index (κ3) is 1.58. The lowest BCUT2D eigenvalue weighted by atomic mass is 9.92. The number of fused-ring (bicyclic) bond motifs is 2. The van der Waals surface area contributed by atoms with E-state index in [0.29, 0.717) is 28.4 Å². The van der Waals surface area contributed by atoms with Crippen LogP contribution in [0, 0.1) is 0 Å². The van der Waals surface area contributed by atoms with Crippen LogP contribution < -0.4 is 4.74 Å². The largest absolute Gasteiger partial charge is 0.496 e. The first-order valence-corrected chi connectivity index (χ1v) is 6.28. The van der Waals surface area contributed by atoms with Crippen molar-refractivity contribution in [3.05, 3.63) is 34.5 Å². The van der Waals surface area contributed by atoms with E-state index in [0.717, 1.165) is 23.8 Å². The molecule has 0 spiro atoms. The summed E-state index contributed by atoms with van der Waals surface area (Å²) in [4.78, 5) is 16.4. The number of Topliss-reactive ketones (excluding diaryl/α,β-unsaturated/α-hetero) is 1. The van der Waals surface area contributed by atoms with Crippen molar-refractivity contribution >= 4 is 28.3 Å². The fraction of sp³-hybridized carbons (Fsp3) is 0.286. The summed E-state index contributed by atoms with van der Waals surface area (Å²) in [6.07, 6.45) is 2.23. The number of carbonyl (C=O) groups is 1. The maximum absolute atomic E-state index is 11.9. The highest BCUT2D eigenvalue weighted by atomic mass is 35.5. The van der Waals surface area contributed by atoms with Gasteiger partial charge in [0.2, 0.25) is 0 Å². The molecule has 92 valence electrons. The second kappa shape index (κ2) is 4.25. The summed E-state index contributed by atoms with van der Waals surface area (Å²) in [5, 5.41) is 1.41. The van der Waals surface area contributed by atoms with E-state index in [1.165, 1.54) is 0 Å². The predicted molar refractivity (Wildman–Crippen MR) is 70.6 cm³/mol. The fourth-order valence-electron chi connectivity index (χ4n) is 2.51. The number of rotatable bonds is 1. The van der Waals surface area contributed by atoms with Crippen LogP contribution in [0.25, 0.3) is 10.9 Å². The lowest BCUT2D eigenvalue weighted by Crippen LogP contribution is -2.14. The van der Waals surface area contributed by atoms with Gasteiger partial charge in [0, 0.05) is 12.0 Å². The highest BCUT2D eigenvalue weighted by Crippen LogP contribution is 2.38. The molecule has 1 aromatic carbocycles. The minimum absolute atomic E-state index is 0.0939. The lowest BCUT2D eigenvalue weighted by Gasteiger charge is -2.19. The van der Waals surface area contributed by atoms with Gasteiger partial charge >= 0.3 is 0 Å². The zero-order valence-electron chi connectivity index (χ0n) is 10.00. The summed E-state index contributed by atoms with van der Waals surface area (Å²) in [5.41, 5.74) is 2.16. The number of halogens is 1. The number of benzene rings is 1. The summed E-state index contributed by atoms with van der Waals surface area (Å²) in [6, 6.07) is 5.49. The molecule has 4 heteroatoms. The normalized spacial score (nSPS) is 14.7. The predicted octanol–water partition coefficient (Wildman–Crippen LogP) is 3.42. The molecule has 0 aliphatic heterocycles. The Morgan fingerprint density at radius 2 is 2.17 bits per heavy atom. The van der Waals surface area contributed by atoms with Gasteiger partial charge in [-0.2, -0.15) is 0 Å². The van der Waals surface area contributed by atoms with Crippen LogP contribution in [-0.2, 0) is 6.42 Å². The molecule has 0 saturated carbocycles. The molecule has 1 aromatic heterocycles. The number of hydrogen-bond acceptors (Lipinski definition) is 3. The zero-order chi connectivity index (χ0) is 12.7. The number of aromatic nitrogens is 1. The maximum atomic E-state index is 11.9. The Bertz CT molecular complexity index is 652. The molecule has 0 saturated heterocycles. The third-order valence-electron chi connectivity index (χ3n) is 3.31. The van der Waals surface area contributed by atoms with Gasteiger partial charge < -0.3 is 4.74 Å². The van der Waals surface area contributed by atoms with Crippen molar-refractivity contribution in [3.63, 3.8) is 0 Å². The van der Waals surface area contributed by atoms with Crippen LogP contribution in [0.2, 0.25) is 5.02 Å². The Balaban J connectivity index is 2.44. The Morgan fingerprint density at radius 1 is 1.33 bits per heavy atom. The summed E-state index contributed by atoms with van der Waals surface area (Å²) in [6.45, 7) is 0. The van der Waals surface area contributed by atoms with E-state index in [1.807, 2.05) is 18.2 Å². The topological polar surface area (TPSA) is 39.2 Å². The molecule has 0 unspecified atom stereocenters. The highest BCUT2D eigenvalue weighted by molar-refractivity contribution is 6.36. The van der Waals surface area contributed by atoms with Crippen molar-refractivity contribution in [2.75, 3.05) is 7.11 Å². The van der Waals surface area contributed by atoms with Crippen LogP contribution in [0.3, 0.4) is 0 Å². The number of pyridine rings is 1. The molecule has 1 aliphatic carbocycles. The Morgan fingerprint density at radius 3 is 2.94 bits per heavy atom. The first kappa shape index (κ1) is 11.5. The van der Waals surface area contributed by atoms with Crippen molar-refractivity contribution in [2.45, 2.75) is 19.3 Å². The van der Waals surface area contributed by atoms with Gasteiger partial charge in [-0.25, -0.2) is 4.98 Å². The Labute approximate surface area is 110 Å². The van der Waals surface area contributed by atoms with Gasteiger partial charge in [0.25, 0.3) is 0 Å². The van der Waals surface area contributed by atoms with E-state index in [4.69, 9.17) is 16.3 Å². The van der Waals surface area contributed by atoms with Crippen molar-refractivity contribution in [1.82, 2.24) is 4.98 Å². The molecule has 3 nitrogen and oxygen atoms in total. The van der Waals surface area contributed by atoms with Gasteiger partial charge in [-0.1, -0.05) is 17.7 Å². The molecule has 3 rings (SSSR count). The van der Waals surface area contributed by atoms with Crippen LogP contribution in [0.1, 0.15) is 28.9 Å². The van der Waals surface area contributed by atoms with E-state index in [-0.39, 0.29) is 5.78 Å². The fourth-order valence-corrected chi connectivity index (χ4v) is 2.76. The average Bonchev–Trinajstić information content (AvgIpc) is 2.38. The summed E-state index contributed by atoms with van der Waals surface area (Å²) >= 11 is 6.21. The molecule has 0 fully saturated rings. The van der Waals surface area contributed by atoms with Crippen molar-refractivity contribution in [3.8, 4) is 5.75 Å². The SMILES string of the molecule is COc1c2c(nc3cccc(Cl)c13)C(=O)CCC2. The quantitative estimate of drug-likeness (QED) is 0.790. The molecule has 1 heterocycles. The van der Waals surface area contributed by atoms with Crippen LogP contribution in [0.5, 0.6) is 5.75 Å². The second-order valence-corrected chi connectivity index (χ2v) is 4.79. The highest BCUT2D eigenvalue weighted by Gasteiger charge is 2.25. The van der Waals surface area contributed by atoms with Crippen LogP contribution in [0.4, 0.5) is 0 Å². The van der Waals surface area contributed by atoms with E-state index in [1.54, 1.807) is 7.11 Å². The van der Waals surface area contributed by atoms with Gasteiger partial charge in [0.15, 0.2) is 5.78 Å². The summed E-state index contributed by atoms with van der Waals surface area (Å²) in [7, 11) is 1.61. The van der Waals surface area contributed by atoms with E-state index in [9.17, 15) is 4.79 Å². The second-order valence-electron chi connectivity index (χ2n) is 4.38. The van der Waals surface area contributed by atoms with Crippen molar-refractivity contribution < 1.29 is 9.53 Å². The molecular formula is C14H12ClNO2. The molecule has 0 atom stereocenters. The van der Waals surface area contributed by atoms with E-state index < -0.39 is 0 Å². The van der Waals surface area contributed by atoms with Crippen molar-refractivity contribution in [2.24, 2.45) is 0 Å². The van der Waals surface area contributed by atoms with E-state index in [2.05, 4.69) is 4.98 Å². The lowest BCUT2D eigenvalue weighted by molar-refractivity contribution is 0.0967. The molecule has 18 heavy (non-hydrogen) atoms. The molecule has 0 amide bonds. The van der Waals surface area contributed by atoms with E-state index >= 15 is 0 Å². The van der Waals surface area contributed by atoms with Gasteiger partial charge in [0.05, 0.1) is 23.0 Å². The summed E-state index contributed by atoms with van der Waals surface area (Å²) < 4.78 is 5.48.